The number of nitrogens with one attached hydrogen (secondary N) is 1. The minimum absolute atomic E-state index is 0.257. The van der Waals surface area contributed by atoms with Crippen LogP contribution in [0.25, 0.3) is 0 Å². The number of likely N-dealkylation sites (tertiary alicyclic amines) is 1. The third-order valence-electron chi connectivity index (χ3n) is 5.23. The summed E-state index contributed by atoms with van der Waals surface area (Å²) in [5.74, 6) is 0.257. The van der Waals surface area contributed by atoms with Crippen molar-refractivity contribution >= 4 is 5.78 Å². The molecule has 1 saturated heterocycles. The molecule has 3 nitrogen and oxygen atoms in total. The minimum atomic E-state index is 0.257. The van der Waals surface area contributed by atoms with Crippen LogP contribution in [-0.4, -0.2) is 35.3 Å². The predicted octanol–water partition coefficient (Wildman–Crippen LogP) is 3.72. The molecule has 0 radical (unpaired) electrons. The predicted molar refractivity (Wildman–Crippen MR) is 83.3 cm³/mol. The zero-order chi connectivity index (χ0) is 14.8. The van der Waals surface area contributed by atoms with Crippen LogP contribution >= 0.6 is 0 Å². The number of piperidine rings is 1. The molecule has 20 heavy (non-hydrogen) atoms. The molecule has 0 spiro atoms. The molecule has 112 valence electrons. The minimum Gasteiger partial charge on any atom is -0.362 e. The highest BCUT2D eigenvalue weighted by Crippen LogP contribution is 2.37. The van der Waals surface area contributed by atoms with Crippen molar-refractivity contribution in [1.82, 2.24) is 9.88 Å². The maximum absolute atomic E-state index is 12.4. The maximum Gasteiger partial charge on any atom is 0.178 e. The number of hydrogen-bond donors (Lipinski definition) is 1. The van der Waals surface area contributed by atoms with Gasteiger partial charge in [-0.3, -0.25) is 9.69 Å². The quantitative estimate of drug-likeness (QED) is 0.832. The van der Waals surface area contributed by atoms with Crippen molar-refractivity contribution in [3.63, 3.8) is 0 Å². The van der Waals surface area contributed by atoms with Gasteiger partial charge in [0.05, 0.1) is 6.54 Å². The molecule has 0 aromatic carbocycles. The van der Waals surface area contributed by atoms with E-state index in [9.17, 15) is 4.79 Å². The van der Waals surface area contributed by atoms with Gasteiger partial charge >= 0.3 is 0 Å². The van der Waals surface area contributed by atoms with Gasteiger partial charge in [-0.25, -0.2) is 0 Å². The second-order valence-electron chi connectivity index (χ2n) is 6.40. The Morgan fingerprint density at radius 1 is 1.25 bits per heavy atom. The van der Waals surface area contributed by atoms with Crippen LogP contribution in [0.15, 0.2) is 6.07 Å². The lowest BCUT2D eigenvalue weighted by Gasteiger charge is -2.40. The Morgan fingerprint density at radius 3 is 2.30 bits per heavy atom. The largest absolute Gasteiger partial charge is 0.362 e. The highest BCUT2D eigenvalue weighted by Gasteiger charge is 2.31. The van der Waals surface area contributed by atoms with E-state index in [0.717, 1.165) is 30.0 Å². The molecule has 0 saturated carbocycles. The first-order valence-corrected chi connectivity index (χ1v) is 7.91. The smallest absolute Gasteiger partial charge is 0.178 e. The van der Waals surface area contributed by atoms with E-state index in [1.54, 1.807) is 0 Å². The zero-order valence-electron chi connectivity index (χ0n) is 13.4. The molecule has 2 rings (SSSR count). The number of aromatic amines is 1. The normalized spacial score (nSPS) is 19.2. The first-order valence-electron chi connectivity index (χ1n) is 7.91. The Bertz CT molecular complexity index is 461. The molecule has 2 heterocycles. The third-order valence-corrected chi connectivity index (χ3v) is 5.23. The first kappa shape index (κ1) is 15.3. The summed E-state index contributed by atoms with van der Waals surface area (Å²) >= 11 is 0. The summed E-state index contributed by atoms with van der Waals surface area (Å²) in [7, 11) is 0. The van der Waals surface area contributed by atoms with Gasteiger partial charge < -0.3 is 4.98 Å². The van der Waals surface area contributed by atoms with Gasteiger partial charge in [-0.2, -0.15) is 0 Å². The van der Waals surface area contributed by atoms with Gasteiger partial charge in [0, 0.05) is 17.0 Å². The molecular weight excluding hydrogens is 248 g/mol. The number of nitrogens with zero attached hydrogens (tertiary/aromatic N) is 1. The van der Waals surface area contributed by atoms with E-state index >= 15 is 0 Å². The second kappa shape index (κ2) is 6.13. The SMILES string of the molecule is CCC1(CC)CCN(CC(=O)c2cc(C)[nH]c2C)CC1. The van der Waals surface area contributed by atoms with Gasteiger partial charge in [-0.05, 0) is 51.3 Å². The Labute approximate surface area is 122 Å². The number of carbonyl (C=O) groups is 1. The highest BCUT2D eigenvalue weighted by atomic mass is 16.1. The first-order chi connectivity index (χ1) is 9.49. The molecule has 0 unspecified atom stereocenters. The number of ketones is 1. The van der Waals surface area contributed by atoms with Gasteiger partial charge in [0.25, 0.3) is 0 Å². The summed E-state index contributed by atoms with van der Waals surface area (Å²) in [6.07, 6.45) is 5.00. The number of aryl methyl sites for hydroxylation is 2. The molecule has 0 aliphatic carbocycles. The molecule has 0 atom stereocenters. The number of carbonyl (C=O) groups excluding carboxylic acids is 1. The van der Waals surface area contributed by atoms with E-state index in [0.29, 0.717) is 12.0 Å². The summed E-state index contributed by atoms with van der Waals surface area (Å²) in [5.41, 5.74) is 3.46. The van der Waals surface area contributed by atoms with Crippen molar-refractivity contribution in [1.29, 1.82) is 0 Å². The van der Waals surface area contributed by atoms with Gasteiger partial charge in [0.15, 0.2) is 5.78 Å². The Balaban J connectivity index is 1.93. The van der Waals surface area contributed by atoms with E-state index in [-0.39, 0.29) is 5.78 Å². The molecule has 1 N–H and O–H groups in total. The fourth-order valence-electron chi connectivity index (χ4n) is 3.44. The van der Waals surface area contributed by atoms with E-state index in [1.807, 2.05) is 19.9 Å². The maximum atomic E-state index is 12.4. The topological polar surface area (TPSA) is 36.1 Å². The van der Waals surface area contributed by atoms with Crippen LogP contribution in [-0.2, 0) is 0 Å². The van der Waals surface area contributed by atoms with E-state index in [4.69, 9.17) is 0 Å². The molecule has 1 aliphatic rings. The zero-order valence-corrected chi connectivity index (χ0v) is 13.4. The monoisotopic (exact) mass is 276 g/mol. The molecule has 1 aromatic heterocycles. The highest BCUT2D eigenvalue weighted by molar-refractivity contribution is 5.98. The van der Waals surface area contributed by atoms with Gasteiger partial charge in [-0.15, -0.1) is 0 Å². The molecular formula is C17H28N2O. The van der Waals surface area contributed by atoms with Gasteiger partial charge in [-0.1, -0.05) is 26.7 Å². The number of Topliss-reactive ketones (excluding diaryl/α,β-unsaturated/α-hetero) is 1. The number of rotatable bonds is 5. The van der Waals surface area contributed by atoms with E-state index in [1.165, 1.54) is 25.7 Å². The number of hydrogen-bond acceptors (Lipinski definition) is 2. The van der Waals surface area contributed by atoms with Gasteiger partial charge in [0.2, 0.25) is 0 Å². The third kappa shape index (κ3) is 3.14. The molecule has 0 bridgehead atoms. The standard InChI is InChI=1S/C17H28N2O/c1-5-17(6-2)7-9-19(10-8-17)12-16(20)15-11-13(3)18-14(15)4/h11,18H,5-10,12H2,1-4H3. The van der Waals surface area contributed by atoms with Crippen molar-refractivity contribution in [2.24, 2.45) is 5.41 Å². The van der Waals surface area contributed by atoms with Crippen LogP contribution < -0.4 is 0 Å². The van der Waals surface area contributed by atoms with Crippen molar-refractivity contribution in [3.8, 4) is 0 Å². The van der Waals surface area contributed by atoms with Crippen LogP contribution in [0.4, 0.5) is 0 Å². The fraction of sp³-hybridized carbons (Fsp3) is 0.706. The lowest BCUT2D eigenvalue weighted by atomic mass is 9.74. The molecule has 1 aromatic rings. The summed E-state index contributed by atoms with van der Waals surface area (Å²) in [4.78, 5) is 17.9. The molecule has 1 aliphatic heterocycles. The lowest BCUT2D eigenvalue weighted by molar-refractivity contribution is 0.0755. The van der Waals surface area contributed by atoms with Crippen molar-refractivity contribution < 1.29 is 4.79 Å². The molecule has 1 fully saturated rings. The van der Waals surface area contributed by atoms with Crippen LogP contribution in [0.3, 0.4) is 0 Å². The van der Waals surface area contributed by atoms with Crippen LogP contribution in [0.2, 0.25) is 0 Å². The van der Waals surface area contributed by atoms with Crippen LogP contribution in [0, 0.1) is 19.3 Å². The van der Waals surface area contributed by atoms with Crippen molar-refractivity contribution in [3.05, 3.63) is 23.0 Å². The molecule has 0 amide bonds. The average Bonchev–Trinajstić information content (AvgIpc) is 2.79. The lowest BCUT2D eigenvalue weighted by Crippen LogP contribution is -2.41. The summed E-state index contributed by atoms with van der Waals surface area (Å²) < 4.78 is 0. The van der Waals surface area contributed by atoms with Crippen LogP contribution in [0.1, 0.15) is 61.3 Å². The molecule has 3 heteroatoms. The van der Waals surface area contributed by atoms with E-state index < -0.39 is 0 Å². The number of H-pyrrole nitrogens is 1. The summed E-state index contributed by atoms with van der Waals surface area (Å²) in [5, 5.41) is 0. The average molecular weight is 276 g/mol. The number of aromatic nitrogens is 1. The van der Waals surface area contributed by atoms with Crippen LogP contribution in [0.5, 0.6) is 0 Å². The Hall–Kier alpha value is -1.09. The van der Waals surface area contributed by atoms with E-state index in [2.05, 4.69) is 23.7 Å². The summed E-state index contributed by atoms with van der Waals surface area (Å²) in [6, 6.07) is 1.98. The van der Waals surface area contributed by atoms with Crippen molar-refractivity contribution in [2.75, 3.05) is 19.6 Å². The van der Waals surface area contributed by atoms with Gasteiger partial charge in [0.1, 0.15) is 0 Å². The fourth-order valence-corrected chi connectivity index (χ4v) is 3.44. The second-order valence-corrected chi connectivity index (χ2v) is 6.40. The van der Waals surface area contributed by atoms with Crippen molar-refractivity contribution in [2.45, 2.75) is 53.4 Å². The summed E-state index contributed by atoms with van der Waals surface area (Å²) in [6.45, 7) is 11.3. The Kier molecular flexibility index (Phi) is 4.69. The Morgan fingerprint density at radius 2 is 1.85 bits per heavy atom.